The number of hydrogen-bond donors (Lipinski definition) is 0. The number of esters is 1. The zero-order chi connectivity index (χ0) is 15.4. The Labute approximate surface area is 129 Å². The van der Waals surface area contributed by atoms with Crippen LogP contribution in [0.3, 0.4) is 0 Å². The average molecular weight is 305 g/mol. The van der Waals surface area contributed by atoms with Crippen molar-refractivity contribution in [2.45, 2.75) is 20.3 Å². The van der Waals surface area contributed by atoms with E-state index in [0.29, 0.717) is 5.92 Å². The molecule has 0 aromatic carbocycles. The van der Waals surface area contributed by atoms with Crippen LogP contribution in [0.4, 0.5) is 0 Å². The van der Waals surface area contributed by atoms with Crippen LogP contribution in [-0.2, 0) is 11.2 Å². The summed E-state index contributed by atoms with van der Waals surface area (Å²) in [5.74, 6) is -0.0583. The number of ether oxygens (including phenoxy) is 1. The van der Waals surface area contributed by atoms with Crippen LogP contribution in [0.1, 0.15) is 29.9 Å². The quantitative estimate of drug-likeness (QED) is 0.637. The van der Waals surface area contributed by atoms with Gasteiger partial charge in [-0.05, 0) is 36.1 Å². The van der Waals surface area contributed by atoms with E-state index in [1.807, 2.05) is 12.1 Å². The highest BCUT2D eigenvalue weighted by Gasteiger charge is 2.18. The largest absolute Gasteiger partial charge is 0.465 e. The number of carbonyl (C=O) groups is 1. The molecule has 4 nitrogen and oxygen atoms in total. The first-order chi connectivity index (χ1) is 10.0. The lowest BCUT2D eigenvalue weighted by Gasteiger charge is -2.13. The standard InChI is InChI=1S/C16H17ClN2O2/c1-10(2)8-14-12(11-4-6-18-7-5-11)9-13(15(17)19-14)16(20)21-3/h4-7,9-10H,8H2,1-3H3. The highest BCUT2D eigenvalue weighted by atomic mass is 35.5. The third kappa shape index (κ3) is 3.58. The van der Waals surface area contributed by atoms with Crippen LogP contribution >= 0.6 is 11.6 Å². The summed E-state index contributed by atoms with van der Waals surface area (Å²) in [6.45, 7) is 4.22. The molecule has 21 heavy (non-hydrogen) atoms. The molecule has 0 radical (unpaired) electrons. The smallest absolute Gasteiger partial charge is 0.341 e. The first-order valence-electron chi connectivity index (χ1n) is 6.71. The van der Waals surface area contributed by atoms with Crippen LogP contribution in [0, 0.1) is 5.92 Å². The van der Waals surface area contributed by atoms with E-state index in [4.69, 9.17) is 16.3 Å². The molecule has 2 aromatic rings. The van der Waals surface area contributed by atoms with Crippen molar-refractivity contribution < 1.29 is 9.53 Å². The molecule has 2 heterocycles. The minimum absolute atomic E-state index is 0.176. The van der Waals surface area contributed by atoms with Gasteiger partial charge in [-0.3, -0.25) is 4.98 Å². The van der Waals surface area contributed by atoms with Gasteiger partial charge in [-0.1, -0.05) is 25.4 Å². The fraction of sp³-hybridized carbons (Fsp3) is 0.312. The van der Waals surface area contributed by atoms with Crippen LogP contribution in [0.2, 0.25) is 5.15 Å². The Morgan fingerprint density at radius 1 is 1.33 bits per heavy atom. The van der Waals surface area contributed by atoms with Crippen molar-refractivity contribution in [3.63, 3.8) is 0 Å². The van der Waals surface area contributed by atoms with E-state index in [1.165, 1.54) is 7.11 Å². The number of methoxy groups -OCH3 is 1. The van der Waals surface area contributed by atoms with Gasteiger partial charge < -0.3 is 4.74 Å². The van der Waals surface area contributed by atoms with E-state index < -0.39 is 5.97 Å². The Hall–Kier alpha value is -1.94. The van der Waals surface area contributed by atoms with Gasteiger partial charge in [0.2, 0.25) is 0 Å². The summed E-state index contributed by atoms with van der Waals surface area (Å²) in [5, 5.41) is 0.176. The van der Waals surface area contributed by atoms with E-state index in [-0.39, 0.29) is 10.7 Å². The molecule has 0 saturated heterocycles. The minimum atomic E-state index is -0.487. The average Bonchev–Trinajstić information content (AvgIpc) is 2.47. The summed E-state index contributed by atoms with van der Waals surface area (Å²) in [7, 11) is 1.33. The molecule has 110 valence electrons. The maximum absolute atomic E-state index is 11.8. The lowest BCUT2D eigenvalue weighted by molar-refractivity contribution is 0.0600. The van der Waals surface area contributed by atoms with Gasteiger partial charge in [0.05, 0.1) is 18.4 Å². The second-order valence-corrected chi connectivity index (χ2v) is 5.50. The first-order valence-corrected chi connectivity index (χ1v) is 7.08. The molecule has 0 aliphatic carbocycles. The summed E-state index contributed by atoms with van der Waals surface area (Å²) in [6, 6.07) is 5.51. The van der Waals surface area contributed by atoms with Gasteiger partial charge in [0.25, 0.3) is 0 Å². The molecular formula is C16H17ClN2O2. The van der Waals surface area contributed by atoms with Gasteiger partial charge in [-0.25, -0.2) is 9.78 Å². The van der Waals surface area contributed by atoms with Gasteiger partial charge >= 0.3 is 5.97 Å². The van der Waals surface area contributed by atoms with E-state index in [0.717, 1.165) is 23.2 Å². The summed E-state index contributed by atoms with van der Waals surface area (Å²) in [5.41, 5.74) is 2.98. The summed E-state index contributed by atoms with van der Waals surface area (Å²) in [4.78, 5) is 20.2. The van der Waals surface area contributed by atoms with E-state index in [9.17, 15) is 4.79 Å². The molecule has 0 amide bonds. The Balaban J connectivity index is 2.60. The fourth-order valence-electron chi connectivity index (χ4n) is 2.10. The molecule has 0 unspecified atom stereocenters. The van der Waals surface area contributed by atoms with Crippen LogP contribution in [0.25, 0.3) is 11.1 Å². The van der Waals surface area contributed by atoms with E-state index in [1.54, 1.807) is 18.5 Å². The predicted octanol–water partition coefficient (Wildman–Crippen LogP) is 3.78. The molecule has 5 heteroatoms. The second kappa shape index (κ2) is 6.68. The Kier molecular flexibility index (Phi) is 4.91. The summed E-state index contributed by atoms with van der Waals surface area (Å²) < 4.78 is 4.75. The molecule has 0 spiro atoms. The molecule has 2 rings (SSSR count). The van der Waals surface area contributed by atoms with Crippen LogP contribution in [-0.4, -0.2) is 23.0 Å². The highest BCUT2D eigenvalue weighted by molar-refractivity contribution is 6.32. The van der Waals surface area contributed by atoms with Gasteiger partial charge in [0.1, 0.15) is 5.15 Å². The third-order valence-corrected chi connectivity index (χ3v) is 3.34. The lowest BCUT2D eigenvalue weighted by atomic mass is 9.97. The van der Waals surface area contributed by atoms with Crippen molar-refractivity contribution in [3.05, 3.63) is 47.0 Å². The van der Waals surface area contributed by atoms with Gasteiger partial charge in [-0.15, -0.1) is 0 Å². The molecule has 0 bridgehead atoms. The third-order valence-electron chi connectivity index (χ3n) is 3.05. The lowest BCUT2D eigenvalue weighted by Crippen LogP contribution is -2.08. The maximum Gasteiger partial charge on any atom is 0.341 e. The number of hydrogen-bond acceptors (Lipinski definition) is 4. The molecule has 0 aliphatic heterocycles. The van der Waals surface area contributed by atoms with Crippen molar-refractivity contribution in [2.75, 3.05) is 7.11 Å². The Morgan fingerprint density at radius 2 is 2.00 bits per heavy atom. The van der Waals surface area contributed by atoms with Gasteiger partial charge in [0.15, 0.2) is 0 Å². The molecular weight excluding hydrogens is 288 g/mol. The number of halogens is 1. The van der Waals surface area contributed by atoms with Crippen molar-refractivity contribution in [1.29, 1.82) is 0 Å². The topological polar surface area (TPSA) is 52.1 Å². The highest BCUT2D eigenvalue weighted by Crippen LogP contribution is 2.28. The van der Waals surface area contributed by atoms with Crippen molar-refractivity contribution >= 4 is 17.6 Å². The van der Waals surface area contributed by atoms with Crippen LogP contribution in [0.5, 0.6) is 0 Å². The van der Waals surface area contributed by atoms with Gasteiger partial charge in [0, 0.05) is 18.0 Å². The van der Waals surface area contributed by atoms with Crippen molar-refractivity contribution in [3.8, 4) is 11.1 Å². The first kappa shape index (κ1) is 15.4. The van der Waals surface area contributed by atoms with Crippen molar-refractivity contribution in [1.82, 2.24) is 9.97 Å². The molecule has 0 atom stereocenters. The fourth-order valence-corrected chi connectivity index (χ4v) is 2.34. The molecule has 0 saturated carbocycles. The maximum atomic E-state index is 11.8. The number of rotatable bonds is 4. The zero-order valence-electron chi connectivity index (χ0n) is 12.3. The van der Waals surface area contributed by atoms with Crippen LogP contribution in [0.15, 0.2) is 30.6 Å². The van der Waals surface area contributed by atoms with E-state index in [2.05, 4.69) is 23.8 Å². The van der Waals surface area contributed by atoms with Crippen molar-refractivity contribution in [2.24, 2.45) is 5.92 Å². The summed E-state index contributed by atoms with van der Waals surface area (Å²) >= 11 is 6.12. The van der Waals surface area contributed by atoms with E-state index >= 15 is 0 Å². The normalized spacial score (nSPS) is 10.7. The monoisotopic (exact) mass is 304 g/mol. The Bertz CT molecular complexity index is 642. The SMILES string of the molecule is COC(=O)c1cc(-c2ccncc2)c(CC(C)C)nc1Cl. The minimum Gasteiger partial charge on any atom is -0.465 e. The number of nitrogens with zero attached hydrogens (tertiary/aromatic N) is 2. The molecule has 0 aliphatic rings. The molecule has 0 fully saturated rings. The van der Waals surface area contributed by atoms with Gasteiger partial charge in [-0.2, -0.15) is 0 Å². The van der Waals surface area contributed by atoms with Crippen LogP contribution < -0.4 is 0 Å². The molecule has 2 aromatic heterocycles. The predicted molar refractivity (Wildman–Crippen MR) is 82.4 cm³/mol. The Morgan fingerprint density at radius 3 is 2.57 bits per heavy atom. The number of aromatic nitrogens is 2. The number of pyridine rings is 2. The zero-order valence-corrected chi connectivity index (χ0v) is 13.0. The molecule has 0 N–H and O–H groups in total. The summed E-state index contributed by atoms with van der Waals surface area (Å²) in [6.07, 6.45) is 4.20. The second-order valence-electron chi connectivity index (χ2n) is 5.15. The number of carbonyl (C=O) groups excluding carboxylic acids is 1.